The molecule has 1 atom stereocenters. The van der Waals surface area contributed by atoms with Crippen molar-refractivity contribution in [3.63, 3.8) is 0 Å². The molecule has 2 aromatic rings. The minimum Gasteiger partial charge on any atom is -0.485 e. The van der Waals surface area contributed by atoms with Crippen molar-refractivity contribution < 1.29 is 4.74 Å². The molecule has 0 saturated heterocycles. The number of fused-ring (bicyclic) bond motifs is 1. The zero-order chi connectivity index (χ0) is 12.4. The number of hydrogen-bond donors (Lipinski definition) is 1. The number of hydrazone groups is 1. The van der Waals surface area contributed by atoms with Crippen LogP contribution in [0.25, 0.3) is 0 Å². The summed E-state index contributed by atoms with van der Waals surface area (Å²) >= 11 is 0. The highest BCUT2D eigenvalue weighted by molar-refractivity contribution is 6.03. The van der Waals surface area contributed by atoms with Crippen LogP contribution < -0.4 is 10.6 Å². The molecular formula is C15H14N2O. The lowest BCUT2D eigenvalue weighted by atomic mass is 9.96. The van der Waals surface area contributed by atoms with Crippen molar-refractivity contribution in [1.82, 2.24) is 0 Å². The van der Waals surface area contributed by atoms with E-state index in [1.807, 2.05) is 42.5 Å². The number of nitrogens with two attached hydrogens (primary N) is 1. The van der Waals surface area contributed by atoms with E-state index in [0.29, 0.717) is 6.42 Å². The van der Waals surface area contributed by atoms with Crippen molar-refractivity contribution in [1.29, 1.82) is 0 Å². The maximum Gasteiger partial charge on any atom is 0.129 e. The van der Waals surface area contributed by atoms with E-state index >= 15 is 0 Å². The van der Waals surface area contributed by atoms with Gasteiger partial charge in [0, 0.05) is 12.0 Å². The molecule has 0 unspecified atom stereocenters. The third kappa shape index (κ3) is 1.84. The van der Waals surface area contributed by atoms with E-state index in [0.717, 1.165) is 22.6 Å². The van der Waals surface area contributed by atoms with E-state index < -0.39 is 0 Å². The molecule has 0 spiro atoms. The molecule has 0 bridgehead atoms. The highest BCUT2D eigenvalue weighted by Crippen LogP contribution is 2.34. The Morgan fingerprint density at radius 2 is 1.72 bits per heavy atom. The lowest BCUT2D eigenvalue weighted by Crippen LogP contribution is -2.21. The number of hydrogen-bond acceptors (Lipinski definition) is 3. The minimum atomic E-state index is -0.0107. The normalized spacial score (nSPS) is 20.2. The third-order valence-corrected chi connectivity index (χ3v) is 3.17. The molecule has 90 valence electrons. The fraction of sp³-hybridized carbons (Fsp3) is 0.133. The van der Waals surface area contributed by atoms with Gasteiger partial charge in [0.25, 0.3) is 0 Å². The Kier molecular flexibility index (Phi) is 2.73. The number of nitrogens with zero attached hydrogens (tertiary/aromatic N) is 1. The first-order valence-corrected chi connectivity index (χ1v) is 5.96. The van der Waals surface area contributed by atoms with Gasteiger partial charge in [0.1, 0.15) is 11.9 Å². The van der Waals surface area contributed by atoms with Crippen LogP contribution in [0.15, 0.2) is 59.7 Å². The average Bonchev–Trinajstić information content (AvgIpc) is 2.47. The lowest BCUT2D eigenvalue weighted by Gasteiger charge is -2.27. The standard InChI is InChI=1S/C15H14N2O/c16-17-13-10-15(11-6-2-1-3-7-11)18-14-9-5-4-8-12(13)14/h1-9,15H,10,16H2/t15-/m0/s1. The zero-order valence-electron chi connectivity index (χ0n) is 9.91. The molecule has 0 radical (unpaired) electrons. The van der Waals surface area contributed by atoms with E-state index in [1.165, 1.54) is 0 Å². The van der Waals surface area contributed by atoms with E-state index in [-0.39, 0.29) is 6.10 Å². The van der Waals surface area contributed by atoms with Gasteiger partial charge < -0.3 is 10.6 Å². The molecule has 3 rings (SSSR count). The molecule has 0 aliphatic carbocycles. The molecule has 2 aromatic carbocycles. The molecular weight excluding hydrogens is 224 g/mol. The molecule has 0 fully saturated rings. The van der Waals surface area contributed by atoms with Crippen molar-refractivity contribution in [2.45, 2.75) is 12.5 Å². The Hall–Kier alpha value is -2.29. The highest BCUT2D eigenvalue weighted by Gasteiger charge is 2.25. The van der Waals surface area contributed by atoms with Crippen molar-refractivity contribution >= 4 is 5.71 Å². The van der Waals surface area contributed by atoms with Crippen LogP contribution in [0.3, 0.4) is 0 Å². The Morgan fingerprint density at radius 1 is 1.00 bits per heavy atom. The van der Waals surface area contributed by atoms with Crippen molar-refractivity contribution in [3.8, 4) is 5.75 Å². The van der Waals surface area contributed by atoms with Crippen LogP contribution in [-0.4, -0.2) is 5.71 Å². The fourth-order valence-corrected chi connectivity index (χ4v) is 2.26. The second kappa shape index (κ2) is 4.53. The van der Waals surface area contributed by atoms with Gasteiger partial charge in [-0.1, -0.05) is 42.5 Å². The fourth-order valence-electron chi connectivity index (χ4n) is 2.26. The molecule has 0 aromatic heterocycles. The lowest BCUT2D eigenvalue weighted by molar-refractivity contribution is 0.206. The van der Waals surface area contributed by atoms with Gasteiger partial charge in [-0.15, -0.1) is 0 Å². The van der Waals surface area contributed by atoms with Crippen LogP contribution in [0.5, 0.6) is 5.75 Å². The number of benzene rings is 2. The van der Waals surface area contributed by atoms with Gasteiger partial charge in [-0.25, -0.2) is 0 Å². The Labute approximate surface area is 106 Å². The monoisotopic (exact) mass is 238 g/mol. The molecule has 1 aliphatic rings. The van der Waals surface area contributed by atoms with E-state index in [2.05, 4.69) is 17.2 Å². The topological polar surface area (TPSA) is 47.6 Å². The van der Waals surface area contributed by atoms with Crippen LogP contribution in [0.2, 0.25) is 0 Å². The van der Waals surface area contributed by atoms with E-state index in [4.69, 9.17) is 10.6 Å². The van der Waals surface area contributed by atoms with Gasteiger partial charge in [0.2, 0.25) is 0 Å². The zero-order valence-corrected chi connectivity index (χ0v) is 9.91. The molecule has 3 heteroatoms. The van der Waals surface area contributed by atoms with E-state index in [9.17, 15) is 0 Å². The SMILES string of the molecule is NN=C1C[C@@H](c2ccccc2)Oc2ccccc21. The molecule has 2 N–H and O–H groups in total. The maximum absolute atomic E-state index is 6.01. The Morgan fingerprint density at radius 3 is 2.50 bits per heavy atom. The number of para-hydroxylation sites is 1. The summed E-state index contributed by atoms with van der Waals surface area (Å²) in [6.07, 6.45) is 0.695. The van der Waals surface area contributed by atoms with Gasteiger partial charge >= 0.3 is 0 Å². The summed E-state index contributed by atoms with van der Waals surface area (Å²) in [6, 6.07) is 18.0. The predicted molar refractivity (Wildman–Crippen MR) is 71.6 cm³/mol. The second-order valence-corrected chi connectivity index (χ2v) is 4.29. The summed E-state index contributed by atoms with van der Waals surface area (Å²) in [4.78, 5) is 0. The number of rotatable bonds is 1. The maximum atomic E-state index is 6.01. The summed E-state index contributed by atoms with van der Waals surface area (Å²) < 4.78 is 6.01. The molecule has 0 amide bonds. The van der Waals surface area contributed by atoms with Crippen molar-refractivity contribution in [2.75, 3.05) is 0 Å². The second-order valence-electron chi connectivity index (χ2n) is 4.29. The van der Waals surface area contributed by atoms with Gasteiger partial charge in [-0.3, -0.25) is 0 Å². The van der Waals surface area contributed by atoms with Crippen LogP contribution in [0.4, 0.5) is 0 Å². The summed E-state index contributed by atoms with van der Waals surface area (Å²) in [5.74, 6) is 6.34. The third-order valence-electron chi connectivity index (χ3n) is 3.17. The summed E-state index contributed by atoms with van der Waals surface area (Å²) in [5, 5.41) is 3.90. The largest absolute Gasteiger partial charge is 0.485 e. The first-order chi connectivity index (χ1) is 8.88. The summed E-state index contributed by atoms with van der Waals surface area (Å²) in [6.45, 7) is 0. The average molecular weight is 238 g/mol. The summed E-state index contributed by atoms with van der Waals surface area (Å²) in [5.41, 5.74) is 3.03. The van der Waals surface area contributed by atoms with Crippen LogP contribution in [-0.2, 0) is 0 Å². The van der Waals surface area contributed by atoms with Crippen LogP contribution in [0.1, 0.15) is 23.7 Å². The van der Waals surface area contributed by atoms with Gasteiger partial charge in [0.15, 0.2) is 0 Å². The summed E-state index contributed by atoms with van der Waals surface area (Å²) in [7, 11) is 0. The van der Waals surface area contributed by atoms with Gasteiger partial charge in [-0.05, 0) is 17.7 Å². The van der Waals surface area contributed by atoms with Crippen molar-refractivity contribution in [3.05, 3.63) is 65.7 Å². The Balaban J connectivity index is 2.00. The molecule has 1 heterocycles. The van der Waals surface area contributed by atoms with Crippen molar-refractivity contribution in [2.24, 2.45) is 10.9 Å². The highest BCUT2D eigenvalue weighted by atomic mass is 16.5. The molecule has 3 nitrogen and oxygen atoms in total. The predicted octanol–water partition coefficient (Wildman–Crippen LogP) is 2.87. The molecule has 1 aliphatic heterocycles. The van der Waals surface area contributed by atoms with E-state index in [1.54, 1.807) is 0 Å². The number of ether oxygens (including phenoxy) is 1. The molecule has 18 heavy (non-hydrogen) atoms. The quantitative estimate of drug-likeness (QED) is 0.613. The first kappa shape index (κ1) is 10.8. The van der Waals surface area contributed by atoms with Gasteiger partial charge in [0.05, 0.1) is 5.71 Å². The van der Waals surface area contributed by atoms with Crippen LogP contribution >= 0.6 is 0 Å². The smallest absolute Gasteiger partial charge is 0.129 e. The van der Waals surface area contributed by atoms with Crippen LogP contribution in [0, 0.1) is 0 Å². The van der Waals surface area contributed by atoms with Gasteiger partial charge in [-0.2, -0.15) is 5.10 Å². The minimum absolute atomic E-state index is 0.0107. The first-order valence-electron chi connectivity index (χ1n) is 5.96. The Bertz CT molecular complexity index is 578. The molecule has 0 saturated carbocycles.